The maximum Gasteiger partial charge on any atom is 0.417 e. The fourth-order valence-electron chi connectivity index (χ4n) is 2.05. The van der Waals surface area contributed by atoms with Crippen LogP contribution in [0.1, 0.15) is 45.6 Å². The van der Waals surface area contributed by atoms with Gasteiger partial charge in [0, 0.05) is 16.2 Å². The summed E-state index contributed by atoms with van der Waals surface area (Å²) in [5.74, 6) is 0.560. The van der Waals surface area contributed by atoms with Crippen LogP contribution in [0.2, 0.25) is 0 Å². The number of hydrogen-bond donors (Lipinski definition) is 1. The van der Waals surface area contributed by atoms with Gasteiger partial charge >= 0.3 is 6.18 Å². The summed E-state index contributed by atoms with van der Waals surface area (Å²) in [5, 5.41) is 3.21. The van der Waals surface area contributed by atoms with Gasteiger partial charge in [-0.25, -0.2) is 0 Å². The highest BCUT2D eigenvalue weighted by atomic mass is 79.9. The molecule has 0 fully saturated rings. The van der Waals surface area contributed by atoms with Crippen LogP contribution in [0.3, 0.4) is 0 Å². The van der Waals surface area contributed by atoms with Crippen LogP contribution in [0.4, 0.5) is 18.9 Å². The average Bonchev–Trinajstić information content (AvgIpc) is 2.38. The number of nitrogens with one attached hydrogen (secondary N) is 1. The summed E-state index contributed by atoms with van der Waals surface area (Å²) in [6.07, 6.45) is -1.41. The van der Waals surface area contributed by atoms with Gasteiger partial charge in [0.25, 0.3) is 0 Å². The minimum Gasteiger partial charge on any atom is -0.382 e. The largest absolute Gasteiger partial charge is 0.417 e. The smallest absolute Gasteiger partial charge is 0.382 e. The van der Waals surface area contributed by atoms with Crippen molar-refractivity contribution in [3.63, 3.8) is 0 Å². The van der Waals surface area contributed by atoms with E-state index in [0.717, 1.165) is 19.3 Å². The first-order valence-electron chi connectivity index (χ1n) is 6.91. The minimum absolute atomic E-state index is 0.0746. The summed E-state index contributed by atoms with van der Waals surface area (Å²) in [6, 6.07) is 4.50. The Kier molecular flexibility index (Phi) is 6.37. The first-order chi connectivity index (χ1) is 9.27. The summed E-state index contributed by atoms with van der Waals surface area (Å²) < 4.78 is 38.6. The third-order valence-corrected chi connectivity index (χ3v) is 4.21. The van der Waals surface area contributed by atoms with Crippen LogP contribution in [0.15, 0.2) is 22.7 Å². The molecule has 1 aromatic carbocycles. The summed E-state index contributed by atoms with van der Waals surface area (Å²) in [7, 11) is 0. The normalized spacial score (nSPS) is 14.9. The minimum atomic E-state index is -4.34. The molecule has 1 nitrogen and oxygen atoms in total. The van der Waals surface area contributed by atoms with Crippen LogP contribution < -0.4 is 5.32 Å². The Morgan fingerprint density at radius 2 is 1.85 bits per heavy atom. The number of rotatable bonds is 6. The van der Waals surface area contributed by atoms with Crippen molar-refractivity contribution in [2.24, 2.45) is 5.92 Å². The van der Waals surface area contributed by atoms with Crippen LogP contribution >= 0.6 is 15.9 Å². The predicted molar refractivity (Wildman–Crippen MR) is 80.9 cm³/mol. The van der Waals surface area contributed by atoms with Gasteiger partial charge in [0.1, 0.15) is 0 Å². The molecule has 2 atom stereocenters. The molecular weight excluding hydrogens is 331 g/mol. The van der Waals surface area contributed by atoms with Crippen LogP contribution in [0, 0.1) is 5.92 Å². The van der Waals surface area contributed by atoms with Crippen LogP contribution in [-0.2, 0) is 6.18 Å². The second-order valence-corrected chi connectivity index (χ2v) is 6.05. The van der Waals surface area contributed by atoms with E-state index < -0.39 is 11.7 Å². The second kappa shape index (κ2) is 7.34. The Bertz CT molecular complexity index is 432. The average molecular weight is 352 g/mol. The summed E-state index contributed by atoms with van der Waals surface area (Å²) in [6.45, 7) is 6.33. The Balaban J connectivity index is 2.86. The molecule has 0 spiro atoms. The van der Waals surface area contributed by atoms with E-state index in [1.807, 2.05) is 6.92 Å². The van der Waals surface area contributed by atoms with Gasteiger partial charge in [-0.3, -0.25) is 0 Å². The molecule has 0 saturated carbocycles. The van der Waals surface area contributed by atoms with Gasteiger partial charge in [0.05, 0.1) is 5.56 Å². The summed E-state index contributed by atoms with van der Waals surface area (Å²) in [5.41, 5.74) is -0.114. The quantitative estimate of drug-likeness (QED) is 0.653. The molecule has 0 aliphatic heterocycles. The molecule has 0 aliphatic rings. The standard InChI is InChI=1S/C15H21BrF3N/c1-4-10(3)8-11(5-2)20-12-6-7-14(16)13(9-12)15(17,18)19/h6-7,9-11,20H,4-5,8H2,1-3H3. The lowest BCUT2D eigenvalue weighted by molar-refractivity contribution is -0.138. The van der Waals surface area contributed by atoms with E-state index in [-0.39, 0.29) is 10.5 Å². The molecule has 0 heterocycles. The van der Waals surface area contributed by atoms with Crippen LogP contribution in [-0.4, -0.2) is 6.04 Å². The van der Waals surface area contributed by atoms with Crippen molar-refractivity contribution in [1.82, 2.24) is 0 Å². The molecule has 1 aromatic rings. The first kappa shape index (κ1) is 17.3. The third-order valence-electron chi connectivity index (χ3n) is 3.52. The van der Waals surface area contributed by atoms with Crippen molar-refractivity contribution in [2.45, 2.75) is 52.3 Å². The van der Waals surface area contributed by atoms with Gasteiger partial charge in [-0.2, -0.15) is 13.2 Å². The fourth-order valence-corrected chi connectivity index (χ4v) is 2.52. The van der Waals surface area contributed by atoms with Gasteiger partial charge in [0.2, 0.25) is 0 Å². The van der Waals surface area contributed by atoms with E-state index in [4.69, 9.17) is 0 Å². The van der Waals surface area contributed by atoms with E-state index in [1.165, 1.54) is 12.1 Å². The van der Waals surface area contributed by atoms with Gasteiger partial charge < -0.3 is 5.32 Å². The topological polar surface area (TPSA) is 12.0 Å². The van der Waals surface area contributed by atoms with Gasteiger partial charge in [-0.1, -0.05) is 43.1 Å². The zero-order valence-electron chi connectivity index (χ0n) is 12.0. The number of benzene rings is 1. The molecule has 0 amide bonds. The number of alkyl halides is 3. The fraction of sp³-hybridized carbons (Fsp3) is 0.600. The highest BCUT2D eigenvalue weighted by molar-refractivity contribution is 9.10. The van der Waals surface area contributed by atoms with E-state index in [9.17, 15) is 13.2 Å². The Hall–Kier alpha value is -0.710. The van der Waals surface area contributed by atoms with Crippen molar-refractivity contribution < 1.29 is 13.2 Å². The molecule has 2 unspecified atom stereocenters. The predicted octanol–water partition coefficient (Wildman–Crippen LogP) is 6.09. The first-order valence-corrected chi connectivity index (χ1v) is 7.70. The Labute approximate surface area is 127 Å². The second-order valence-electron chi connectivity index (χ2n) is 5.19. The maximum absolute atomic E-state index is 12.9. The molecule has 1 N–H and O–H groups in total. The molecule has 20 heavy (non-hydrogen) atoms. The molecule has 5 heteroatoms. The number of halogens is 4. The van der Waals surface area contributed by atoms with Crippen molar-refractivity contribution >= 4 is 21.6 Å². The zero-order valence-corrected chi connectivity index (χ0v) is 13.6. The van der Waals surface area contributed by atoms with Crippen LogP contribution in [0.25, 0.3) is 0 Å². The lowest BCUT2D eigenvalue weighted by atomic mass is 9.97. The van der Waals surface area contributed by atoms with Gasteiger partial charge in [-0.05, 0) is 37.0 Å². The molecule has 0 bridgehead atoms. The molecule has 0 aromatic heterocycles. The van der Waals surface area contributed by atoms with Crippen molar-refractivity contribution in [3.8, 4) is 0 Å². The molecule has 0 saturated heterocycles. The van der Waals surface area contributed by atoms with Crippen molar-refractivity contribution in [2.75, 3.05) is 5.32 Å². The van der Waals surface area contributed by atoms with Gasteiger partial charge in [0.15, 0.2) is 0 Å². The van der Waals surface area contributed by atoms with Crippen LogP contribution in [0.5, 0.6) is 0 Å². The molecule has 0 aliphatic carbocycles. The van der Waals surface area contributed by atoms with E-state index >= 15 is 0 Å². The van der Waals surface area contributed by atoms with E-state index in [2.05, 4.69) is 35.1 Å². The molecular formula is C15H21BrF3N. The lowest BCUT2D eigenvalue weighted by Gasteiger charge is -2.22. The monoisotopic (exact) mass is 351 g/mol. The maximum atomic E-state index is 12.9. The molecule has 0 radical (unpaired) electrons. The van der Waals surface area contributed by atoms with Gasteiger partial charge in [-0.15, -0.1) is 0 Å². The summed E-state index contributed by atoms with van der Waals surface area (Å²) in [4.78, 5) is 0. The lowest BCUT2D eigenvalue weighted by Crippen LogP contribution is -2.21. The van der Waals surface area contributed by atoms with Crippen molar-refractivity contribution in [1.29, 1.82) is 0 Å². The molecule has 114 valence electrons. The number of anilines is 1. The zero-order chi connectivity index (χ0) is 15.3. The van der Waals surface area contributed by atoms with E-state index in [0.29, 0.717) is 11.6 Å². The van der Waals surface area contributed by atoms with E-state index in [1.54, 1.807) is 6.07 Å². The third kappa shape index (κ3) is 5.00. The highest BCUT2D eigenvalue weighted by Gasteiger charge is 2.33. The molecule has 1 rings (SSSR count). The Morgan fingerprint density at radius 1 is 1.20 bits per heavy atom. The van der Waals surface area contributed by atoms with Crippen molar-refractivity contribution in [3.05, 3.63) is 28.2 Å². The number of hydrogen-bond acceptors (Lipinski definition) is 1. The highest BCUT2D eigenvalue weighted by Crippen LogP contribution is 2.36. The SMILES string of the molecule is CCC(C)CC(CC)Nc1ccc(Br)c(C(F)(F)F)c1. The summed E-state index contributed by atoms with van der Waals surface area (Å²) >= 11 is 2.95. The Morgan fingerprint density at radius 3 is 2.35 bits per heavy atom.